The van der Waals surface area contributed by atoms with Crippen LogP contribution in [-0.4, -0.2) is 29.7 Å². The third kappa shape index (κ3) is 8.37. The van der Waals surface area contributed by atoms with Gasteiger partial charge >= 0.3 is 0 Å². The number of methoxy groups -OCH3 is 1. The van der Waals surface area contributed by atoms with Gasteiger partial charge in [0.15, 0.2) is 0 Å². The molecule has 0 radical (unpaired) electrons. The molecule has 3 heterocycles. The van der Waals surface area contributed by atoms with E-state index in [2.05, 4.69) is 21.4 Å². The number of benzene rings is 3. The van der Waals surface area contributed by atoms with E-state index in [0.717, 1.165) is 64.3 Å². The van der Waals surface area contributed by atoms with Gasteiger partial charge in [-0.2, -0.15) is 0 Å². The van der Waals surface area contributed by atoms with Crippen LogP contribution in [0.2, 0.25) is 0 Å². The summed E-state index contributed by atoms with van der Waals surface area (Å²) in [5, 5.41) is 3.46. The Bertz CT molecular complexity index is 1630. The van der Waals surface area contributed by atoms with Crippen molar-refractivity contribution >= 4 is 11.6 Å². The third-order valence-corrected chi connectivity index (χ3v) is 7.41. The largest absolute Gasteiger partial charge is 0.497 e. The number of alkyl halides is 1. The Kier molecular flexibility index (Phi) is 10.3. The number of aromatic nitrogens is 2. The van der Waals surface area contributed by atoms with Gasteiger partial charge in [-0.25, -0.2) is 8.78 Å². The summed E-state index contributed by atoms with van der Waals surface area (Å²) in [7, 11) is 1.68. The molecule has 0 spiro atoms. The van der Waals surface area contributed by atoms with Crippen molar-refractivity contribution in [2.45, 2.75) is 31.4 Å². The molecule has 1 unspecified atom stereocenters. The first-order valence-electron chi connectivity index (χ1n) is 14.0. The van der Waals surface area contributed by atoms with Gasteiger partial charge in [0.2, 0.25) is 0 Å². The number of halogens is 3. The molecular weight excluding hydrogens is 568 g/mol. The van der Waals surface area contributed by atoms with Crippen LogP contribution in [0.25, 0.3) is 22.3 Å². The first kappa shape index (κ1) is 30.1. The lowest BCUT2D eigenvalue weighted by molar-refractivity contribution is 0.170. The Labute approximate surface area is 255 Å². The highest BCUT2D eigenvalue weighted by molar-refractivity contribution is 6.17. The first-order valence-corrected chi connectivity index (χ1v) is 14.5. The number of hydrogen-bond acceptors (Lipinski definition) is 5. The van der Waals surface area contributed by atoms with Crippen molar-refractivity contribution in [1.29, 1.82) is 0 Å². The lowest BCUT2D eigenvalue weighted by Crippen LogP contribution is -2.34. The zero-order chi connectivity index (χ0) is 30.0. The number of nitrogens with zero attached hydrogens (tertiary/aromatic N) is 2. The average Bonchev–Trinajstić information content (AvgIpc) is 3.05. The Morgan fingerprint density at radius 2 is 1.40 bits per heavy atom. The van der Waals surface area contributed by atoms with E-state index in [0.29, 0.717) is 12.4 Å². The number of nitrogens with one attached hydrogen (secondary N) is 1. The maximum absolute atomic E-state index is 13.1. The summed E-state index contributed by atoms with van der Waals surface area (Å²) in [6.45, 7) is 1.48. The summed E-state index contributed by atoms with van der Waals surface area (Å²) in [6.07, 6.45) is 9.22. The smallest absolute Gasteiger partial charge is 0.123 e. The summed E-state index contributed by atoms with van der Waals surface area (Å²) in [4.78, 5) is 8.39. The molecule has 0 bridgehead atoms. The Morgan fingerprint density at radius 1 is 0.791 bits per heavy atom. The monoisotopic (exact) mass is 599 g/mol. The molecule has 6 rings (SSSR count). The van der Waals surface area contributed by atoms with Gasteiger partial charge < -0.3 is 14.8 Å². The number of pyridine rings is 2. The van der Waals surface area contributed by atoms with E-state index in [9.17, 15) is 8.78 Å². The number of rotatable bonds is 8. The SMILES string of the molecule is COc1ccc2c(c1)CCC(CNCc1cncc(-c3ccc(F)cc3)c1)O2.Fc1ccc(-c2cncc(CCl)c2)cc1. The van der Waals surface area contributed by atoms with E-state index in [1.54, 1.807) is 50.0 Å². The normalized spacial score (nSPS) is 13.7. The minimum Gasteiger partial charge on any atom is -0.497 e. The third-order valence-electron chi connectivity index (χ3n) is 7.10. The van der Waals surface area contributed by atoms with Gasteiger partial charge in [-0.3, -0.25) is 9.97 Å². The van der Waals surface area contributed by atoms with Crippen molar-refractivity contribution in [3.63, 3.8) is 0 Å². The summed E-state index contributed by atoms with van der Waals surface area (Å²) in [5.74, 6) is 1.77. The molecular formula is C35H32ClF2N3O2. The highest BCUT2D eigenvalue weighted by atomic mass is 35.5. The summed E-state index contributed by atoms with van der Waals surface area (Å²) in [5.41, 5.74) is 7.08. The van der Waals surface area contributed by atoms with Crippen molar-refractivity contribution in [3.8, 4) is 33.8 Å². The van der Waals surface area contributed by atoms with E-state index < -0.39 is 0 Å². The molecule has 220 valence electrons. The zero-order valence-electron chi connectivity index (χ0n) is 23.8. The molecule has 3 aromatic carbocycles. The minimum absolute atomic E-state index is 0.147. The summed E-state index contributed by atoms with van der Waals surface area (Å²) < 4.78 is 37.2. The van der Waals surface area contributed by atoms with Crippen molar-refractivity contribution in [1.82, 2.24) is 15.3 Å². The van der Waals surface area contributed by atoms with Crippen LogP contribution in [0.4, 0.5) is 8.78 Å². The van der Waals surface area contributed by atoms with Gasteiger partial charge in [0.1, 0.15) is 29.2 Å². The fourth-order valence-electron chi connectivity index (χ4n) is 4.81. The molecule has 0 amide bonds. The average molecular weight is 600 g/mol. The van der Waals surface area contributed by atoms with Gasteiger partial charge in [-0.05, 0) is 95.3 Å². The summed E-state index contributed by atoms with van der Waals surface area (Å²) >= 11 is 5.71. The highest BCUT2D eigenvalue weighted by Crippen LogP contribution is 2.30. The number of hydrogen-bond donors (Lipinski definition) is 1. The van der Waals surface area contributed by atoms with Crippen LogP contribution in [0.3, 0.4) is 0 Å². The fourth-order valence-corrected chi connectivity index (χ4v) is 4.96. The number of ether oxygens (including phenoxy) is 2. The van der Waals surface area contributed by atoms with E-state index in [1.807, 2.05) is 30.5 Å². The van der Waals surface area contributed by atoms with Crippen LogP contribution in [0.15, 0.2) is 104 Å². The van der Waals surface area contributed by atoms with Crippen LogP contribution in [-0.2, 0) is 18.8 Å². The maximum atomic E-state index is 13.1. The predicted octanol–water partition coefficient (Wildman–Crippen LogP) is 8.01. The van der Waals surface area contributed by atoms with Crippen molar-refractivity contribution in [2.24, 2.45) is 0 Å². The van der Waals surface area contributed by atoms with Crippen LogP contribution < -0.4 is 14.8 Å². The second-order valence-corrected chi connectivity index (χ2v) is 10.5. The first-order chi connectivity index (χ1) is 21.0. The molecule has 43 heavy (non-hydrogen) atoms. The standard InChI is InChI=1S/C23H23FN2O2.C12H9ClFN/c1-27-21-8-9-23-18(11-21)4-7-22(28-23)15-26-13-16-10-19(14-25-12-16)17-2-5-20(24)6-3-17;13-6-9-5-11(8-15-7-9)10-1-3-12(14)4-2-10/h2-3,5-6,8-12,14,22,26H,4,7,13,15H2,1H3;1-5,7-8H,6H2. The second-order valence-electron chi connectivity index (χ2n) is 10.2. The molecule has 8 heteroatoms. The predicted molar refractivity (Wildman–Crippen MR) is 166 cm³/mol. The van der Waals surface area contributed by atoms with Crippen LogP contribution in [0.5, 0.6) is 11.5 Å². The van der Waals surface area contributed by atoms with E-state index in [-0.39, 0.29) is 17.7 Å². The van der Waals surface area contributed by atoms with Crippen molar-refractivity contribution in [2.75, 3.05) is 13.7 Å². The van der Waals surface area contributed by atoms with Crippen molar-refractivity contribution < 1.29 is 18.3 Å². The molecule has 0 aliphatic carbocycles. The Morgan fingerprint density at radius 3 is 2.00 bits per heavy atom. The molecule has 5 aromatic rings. The lowest BCUT2D eigenvalue weighted by Gasteiger charge is -2.26. The molecule has 2 aromatic heterocycles. The second kappa shape index (κ2) is 14.7. The summed E-state index contributed by atoms with van der Waals surface area (Å²) in [6, 6.07) is 22.8. The molecule has 5 nitrogen and oxygen atoms in total. The number of aryl methyl sites for hydroxylation is 1. The lowest BCUT2D eigenvalue weighted by atomic mass is 10.0. The van der Waals surface area contributed by atoms with Gasteiger partial charge in [0.05, 0.1) is 7.11 Å². The molecule has 1 N–H and O–H groups in total. The van der Waals surface area contributed by atoms with Gasteiger partial charge in [0.25, 0.3) is 0 Å². The Balaban J connectivity index is 0.000000207. The van der Waals surface area contributed by atoms with Crippen LogP contribution in [0, 0.1) is 11.6 Å². The van der Waals surface area contributed by atoms with Gasteiger partial charge in [0, 0.05) is 54.9 Å². The Hall–Kier alpha value is -4.33. The topological polar surface area (TPSA) is 56.3 Å². The number of fused-ring (bicyclic) bond motifs is 1. The zero-order valence-corrected chi connectivity index (χ0v) is 24.5. The van der Waals surface area contributed by atoms with Gasteiger partial charge in [-0.15, -0.1) is 11.6 Å². The van der Waals surface area contributed by atoms with E-state index in [1.165, 1.54) is 29.8 Å². The highest BCUT2D eigenvalue weighted by Gasteiger charge is 2.20. The van der Waals surface area contributed by atoms with Crippen molar-refractivity contribution in [3.05, 3.63) is 132 Å². The molecule has 1 aliphatic rings. The minimum atomic E-state index is -0.236. The van der Waals surface area contributed by atoms with Gasteiger partial charge in [-0.1, -0.05) is 24.3 Å². The maximum Gasteiger partial charge on any atom is 0.123 e. The fraction of sp³-hybridized carbons (Fsp3) is 0.200. The van der Waals surface area contributed by atoms with Crippen LogP contribution >= 0.6 is 11.6 Å². The van der Waals surface area contributed by atoms with E-state index in [4.69, 9.17) is 21.1 Å². The molecule has 1 aliphatic heterocycles. The molecule has 1 atom stereocenters. The molecule has 0 fully saturated rings. The quantitative estimate of drug-likeness (QED) is 0.183. The van der Waals surface area contributed by atoms with E-state index >= 15 is 0 Å². The van der Waals surface area contributed by atoms with Crippen LogP contribution in [0.1, 0.15) is 23.1 Å². The molecule has 0 saturated heterocycles. The molecule has 0 saturated carbocycles.